The summed E-state index contributed by atoms with van der Waals surface area (Å²) in [7, 11) is 0. The zero-order chi connectivity index (χ0) is 15.4. The lowest BCUT2D eigenvalue weighted by molar-refractivity contribution is 0.572. The first kappa shape index (κ1) is 14.1. The summed E-state index contributed by atoms with van der Waals surface area (Å²) in [5, 5.41) is 9.96. The van der Waals surface area contributed by atoms with Crippen LogP contribution in [0.3, 0.4) is 0 Å². The van der Waals surface area contributed by atoms with Gasteiger partial charge in [0.1, 0.15) is 17.6 Å². The summed E-state index contributed by atoms with van der Waals surface area (Å²) in [6.07, 6.45) is 3.34. The fourth-order valence-electron chi connectivity index (χ4n) is 2.03. The molecular formula is C18H11ClN2O. The average Bonchev–Trinajstić information content (AvgIpc) is 3.03. The lowest BCUT2D eigenvalue weighted by atomic mass is 10.1. The molecular weight excluding hydrogens is 296 g/mol. The summed E-state index contributed by atoms with van der Waals surface area (Å²) >= 11 is 5.88. The van der Waals surface area contributed by atoms with Crippen LogP contribution in [0, 0.1) is 11.3 Å². The van der Waals surface area contributed by atoms with E-state index in [9.17, 15) is 5.26 Å². The molecule has 0 saturated carbocycles. The summed E-state index contributed by atoms with van der Waals surface area (Å²) < 4.78 is 5.77. The van der Waals surface area contributed by atoms with E-state index in [2.05, 4.69) is 11.1 Å². The van der Waals surface area contributed by atoms with Crippen molar-refractivity contribution < 1.29 is 4.42 Å². The van der Waals surface area contributed by atoms with Crippen molar-refractivity contribution in [1.29, 1.82) is 5.26 Å². The maximum Gasteiger partial charge on any atom is 0.134 e. The van der Waals surface area contributed by atoms with E-state index >= 15 is 0 Å². The first-order valence-corrected chi connectivity index (χ1v) is 7.03. The molecule has 106 valence electrons. The van der Waals surface area contributed by atoms with Gasteiger partial charge in [0.15, 0.2) is 0 Å². The molecule has 1 aromatic carbocycles. The summed E-state index contributed by atoms with van der Waals surface area (Å²) in [4.78, 5) is 4.17. The van der Waals surface area contributed by atoms with Crippen LogP contribution >= 0.6 is 11.6 Å². The van der Waals surface area contributed by atoms with Crippen molar-refractivity contribution in [1.82, 2.24) is 4.98 Å². The summed E-state index contributed by atoms with van der Waals surface area (Å²) in [6.45, 7) is 0. The quantitative estimate of drug-likeness (QED) is 0.635. The number of furan rings is 1. The van der Waals surface area contributed by atoms with Crippen LogP contribution in [-0.4, -0.2) is 4.98 Å². The van der Waals surface area contributed by atoms with Gasteiger partial charge < -0.3 is 4.42 Å². The first-order chi connectivity index (χ1) is 10.8. The van der Waals surface area contributed by atoms with Crippen LogP contribution in [0.15, 0.2) is 65.2 Å². The van der Waals surface area contributed by atoms with Gasteiger partial charge in [0.2, 0.25) is 0 Å². The lowest BCUT2D eigenvalue weighted by Crippen LogP contribution is -1.84. The molecule has 3 aromatic rings. The Kier molecular flexibility index (Phi) is 4.04. The van der Waals surface area contributed by atoms with Gasteiger partial charge in [0.05, 0.1) is 11.3 Å². The smallest absolute Gasteiger partial charge is 0.134 e. The monoisotopic (exact) mass is 306 g/mol. The van der Waals surface area contributed by atoms with Gasteiger partial charge in [0.25, 0.3) is 0 Å². The van der Waals surface area contributed by atoms with Gasteiger partial charge >= 0.3 is 0 Å². The van der Waals surface area contributed by atoms with Crippen molar-refractivity contribution in [2.24, 2.45) is 0 Å². The van der Waals surface area contributed by atoms with Gasteiger partial charge in [-0.25, -0.2) is 0 Å². The highest BCUT2D eigenvalue weighted by atomic mass is 35.5. The van der Waals surface area contributed by atoms with E-state index in [0.29, 0.717) is 22.0 Å². The third-order valence-corrected chi connectivity index (χ3v) is 3.36. The highest BCUT2D eigenvalue weighted by Gasteiger charge is 2.06. The number of hydrogen-bond acceptors (Lipinski definition) is 3. The van der Waals surface area contributed by atoms with Crippen molar-refractivity contribution >= 4 is 23.3 Å². The molecule has 0 amide bonds. The molecule has 0 N–H and O–H groups in total. The molecule has 0 radical (unpaired) electrons. The molecule has 4 heteroatoms. The topological polar surface area (TPSA) is 49.8 Å². The van der Waals surface area contributed by atoms with E-state index in [0.717, 1.165) is 11.3 Å². The van der Waals surface area contributed by atoms with Gasteiger partial charge in [0, 0.05) is 22.9 Å². The Labute approximate surface area is 133 Å². The second-order valence-corrected chi connectivity index (χ2v) is 5.03. The predicted molar refractivity (Wildman–Crippen MR) is 86.9 cm³/mol. The third-order valence-electron chi connectivity index (χ3n) is 3.10. The van der Waals surface area contributed by atoms with E-state index in [1.54, 1.807) is 18.3 Å². The Hall–Kier alpha value is -2.83. The van der Waals surface area contributed by atoms with E-state index in [4.69, 9.17) is 16.0 Å². The minimum atomic E-state index is 0.456. The van der Waals surface area contributed by atoms with Crippen LogP contribution in [0.5, 0.6) is 0 Å². The van der Waals surface area contributed by atoms with Crippen LogP contribution in [-0.2, 0) is 0 Å². The standard InChI is InChI=1S/C18H11ClN2O/c19-15-6-4-13(5-7-15)18-9-8-16(22-18)11-14(12-20)17-3-1-2-10-21-17/h1-11H. The molecule has 0 saturated heterocycles. The van der Waals surface area contributed by atoms with Crippen molar-refractivity contribution in [2.45, 2.75) is 0 Å². The van der Waals surface area contributed by atoms with Gasteiger partial charge in [-0.2, -0.15) is 5.26 Å². The molecule has 0 atom stereocenters. The number of benzene rings is 1. The number of aromatic nitrogens is 1. The number of rotatable bonds is 3. The molecule has 22 heavy (non-hydrogen) atoms. The number of pyridine rings is 1. The van der Waals surface area contributed by atoms with Crippen LogP contribution in [0.4, 0.5) is 0 Å². The van der Waals surface area contributed by atoms with E-state index < -0.39 is 0 Å². The molecule has 0 aliphatic rings. The molecule has 0 aliphatic carbocycles. The Morgan fingerprint density at radius 2 is 1.91 bits per heavy atom. The molecule has 0 bridgehead atoms. The van der Waals surface area contributed by atoms with Crippen LogP contribution in [0.2, 0.25) is 5.02 Å². The predicted octanol–water partition coefficient (Wildman–Crippen LogP) is 5.06. The fourth-order valence-corrected chi connectivity index (χ4v) is 2.15. The maximum atomic E-state index is 9.28. The average molecular weight is 307 g/mol. The zero-order valence-corrected chi connectivity index (χ0v) is 12.3. The Bertz CT molecular complexity index is 843. The largest absolute Gasteiger partial charge is 0.457 e. The SMILES string of the molecule is N#CC(=Cc1ccc(-c2ccc(Cl)cc2)o1)c1ccccn1. The Balaban J connectivity index is 1.92. The highest BCUT2D eigenvalue weighted by Crippen LogP contribution is 2.25. The zero-order valence-electron chi connectivity index (χ0n) is 11.5. The number of hydrogen-bond donors (Lipinski definition) is 0. The summed E-state index contributed by atoms with van der Waals surface area (Å²) in [6, 6.07) is 18.7. The Morgan fingerprint density at radius 3 is 2.59 bits per heavy atom. The van der Waals surface area contributed by atoms with Gasteiger partial charge in [-0.1, -0.05) is 17.7 Å². The molecule has 0 spiro atoms. The van der Waals surface area contributed by atoms with Crippen LogP contribution < -0.4 is 0 Å². The summed E-state index contributed by atoms with van der Waals surface area (Å²) in [5.41, 5.74) is 2.01. The van der Waals surface area contributed by atoms with Gasteiger partial charge in [-0.05, 0) is 48.5 Å². The highest BCUT2D eigenvalue weighted by molar-refractivity contribution is 6.30. The molecule has 2 aromatic heterocycles. The van der Waals surface area contributed by atoms with E-state index in [1.165, 1.54) is 0 Å². The third kappa shape index (κ3) is 3.08. The second-order valence-electron chi connectivity index (χ2n) is 4.59. The minimum Gasteiger partial charge on any atom is -0.457 e. The molecule has 0 unspecified atom stereocenters. The van der Waals surface area contributed by atoms with Gasteiger partial charge in [-0.15, -0.1) is 0 Å². The Morgan fingerprint density at radius 1 is 1.09 bits per heavy atom. The van der Waals surface area contributed by atoms with Crippen molar-refractivity contribution in [3.8, 4) is 17.4 Å². The maximum absolute atomic E-state index is 9.28. The molecule has 0 aliphatic heterocycles. The number of allylic oxidation sites excluding steroid dienone is 1. The normalized spacial score (nSPS) is 11.2. The lowest BCUT2D eigenvalue weighted by Gasteiger charge is -1.98. The summed E-state index contributed by atoms with van der Waals surface area (Å²) in [5.74, 6) is 1.33. The number of nitrogens with zero attached hydrogens (tertiary/aromatic N) is 2. The van der Waals surface area contributed by atoms with E-state index in [1.807, 2.05) is 48.5 Å². The van der Waals surface area contributed by atoms with Crippen LogP contribution in [0.1, 0.15) is 11.5 Å². The minimum absolute atomic E-state index is 0.456. The van der Waals surface area contributed by atoms with Crippen molar-refractivity contribution in [2.75, 3.05) is 0 Å². The molecule has 3 nitrogen and oxygen atoms in total. The first-order valence-electron chi connectivity index (χ1n) is 6.65. The van der Waals surface area contributed by atoms with Crippen molar-refractivity contribution in [3.05, 3.63) is 77.3 Å². The number of nitriles is 1. The van der Waals surface area contributed by atoms with Gasteiger partial charge in [-0.3, -0.25) is 4.98 Å². The molecule has 2 heterocycles. The molecule has 3 rings (SSSR count). The number of halogens is 1. The van der Waals surface area contributed by atoms with Crippen molar-refractivity contribution in [3.63, 3.8) is 0 Å². The van der Waals surface area contributed by atoms with Crippen LogP contribution in [0.25, 0.3) is 23.0 Å². The second kappa shape index (κ2) is 6.30. The molecule has 0 fully saturated rings. The van der Waals surface area contributed by atoms with E-state index in [-0.39, 0.29) is 0 Å². The fraction of sp³-hybridized carbons (Fsp3) is 0.